The Balaban J connectivity index is 2.60. The number of nitrogens with one attached hydrogen (secondary N) is 1. The van der Waals surface area contributed by atoms with E-state index in [1.807, 2.05) is 38.2 Å². The third-order valence-corrected chi connectivity index (χ3v) is 3.15. The first-order chi connectivity index (χ1) is 9.21. The Kier molecular flexibility index (Phi) is 4.00. The molecule has 2 aromatic rings. The van der Waals surface area contributed by atoms with Crippen LogP contribution in [0.5, 0.6) is 5.75 Å². The van der Waals surface area contributed by atoms with Crippen molar-refractivity contribution < 1.29 is 4.74 Å². The van der Waals surface area contributed by atoms with Crippen LogP contribution < -0.4 is 10.1 Å². The van der Waals surface area contributed by atoms with Crippen LogP contribution in [0, 0.1) is 6.92 Å². The second-order valence-electron chi connectivity index (χ2n) is 4.26. The molecule has 100 valence electrons. The monoisotopic (exact) mass is 257 g/mol. The van der Waals surface area contributed by atoms with Gasteiger partial charge in [-0.05, 0) is 25.5 Å². The van der Waals surface area contributed by atoms with Crippen LogP contribution in [0.25, 0.3) is 11.4 Å². The molecule has 0 radical (unpaired) electrons. The molecule has 0 aliphatic heterocycles. The van der Waals surface area contributed by atoms with Crippen molar-refractivity contribution >= 4 is 5.82 Å². The minimum absolute atomic E-state index is 0.691. The van der Waals surface area contributed by atoms with Crippen LogP contribution in [0.2, 0.25) is 0 Å². The van der Waals surface area contributed by atoms with E-state index in [1.165, 1.54) is 0 Å². The fraction of sp³-hybridized carbons (Fsp3) is 0.333. The molecule has 0 atom stereocenters. The number of nitrogens with zero attached hydrogens (tertiary/aromatic N) is 2. The van der Waals surface area contributed by atoms with E-state index < -0.39 is 0 Å². The number of hydrogen-bond donors (Lipinski definition) is 1. The average Bonchev–Trinajstić information content (AvgIpc) is 2.46. The number of rotatable bonds is 4. The van der Waals surface area contributed by atoms with Gasteiger partial charge in [0, 0.05) is 18.3 Å². The SMILES string of the molecule is CCc1c(C)nc(-c2ccccc2OC)nc1NC. The first-order valence-corrected chi connectivity index (χ1v) is 6.39. The van der Waals surface area contributed by atoms with Crippen molar-refractivity contribution in [1.82, 2.24) is 9.97 Å². The van der Waals surface area contributed by atoms with Gasteiger partial charge in [0.25, 0.3) is 0 Å². The predicted octanol–water partition coefficient (Wildman–Crippen LogP) is 3.06. The lowest BCUT2D eigenvalue weighted by atomic mass is 10.1. The van der Waals surface area contributed by atoms with Crippen molar-refractivity contribution in [1.29, 1.82) is 0 Å². The third kappa shape index (κ3) is 2.52. The maximum absolute atomic E-state index is 5.37. The normalized spacial score (nSPS) is 10.3. The molecule has 1 aromatic carbocycles. The Morgan fingerprint density at radius 2 is 1.95 bits per heavy atom. The Hall–Kier alpha value is -2.10. The number of aryl methyl sites for hydroxylation is 1. The number of ether oxygens (including phenoxy) is 1. The molecule has 1 heterocycles. The zero-order valence-corrected chi connectivity index (χ0v) is 11.8. The van der Waals surface area contributed by atoms with Gasteiger partial charge in [-0.15, -0.1) is 0 Å². The third-order valence-electron chi connectivity index (χ3n) is 3.15. The van der Waals surface area contributed by atoms with Gasteiger partial charge < -0.3 is 10.1 Å². The highest BCUT2D eigenvalue weighted by Crippen LogP contribution is 2.29. The van der Waals surface area contributed by atoms with Crippen LogP contribution in [0.15, 0.2) is 24.3 Å². The molecule has 4 nitrogen and oxygen atoms in total. The Labute approximate surface area is 113 Å². The van der Waals surface area contributed by atoms with Crippen LogP contribution in [0.3, 0.4) is 0 Å². The number of methoxy groups -OCH3 is 1. The molecular formula is C15H19N3O. The Morgan fingerprint density at radius 1 is 1.21 bits per heavy atom. The maximum Gasteiger partial charge on any atom is 0.165 e. The molecular weight excluding hydrogens is 238 g/mol. The molecule has 0 saturated heterocycles. The van der Waals surface area contributed by atoms with E-state index in [0.717, 1.165) is 34.8 Å². The van der Waals surface area contributed by atoms with Crippen molar-refractivity contribution in [3.05, 3.63) is 35.5 Å². The summed E-state index contributed by atoms with van der Waals surface area (Å²) in [6.45, 7) is 4.12. The summed E-state index contributed by atoms with van der Waals surface area (Å²) in [6.07, 6.45) is 0.911. The predicted molar refractivity (Wildman–Crippen MR) is 77.7 cm³/mol. The summed E-state index contributed by atoms with van der Waals surface area (Å²) < 4.78 is 5.37. The molecule has 0 unspecified atom stereocenters. The van der Waals surface area contributed by atoms with Crippen molar-refractivity contribution in [2.75, 3.05) is 19.5 Å². The summed E-state index contributed by atoms with van der Waals surface area (Å²) in [5, 5.41) is 3.14. The van der Waals surface area contributed by atoms with Crippen LogP contribution in [-0.4, -0.2) is 24.1 Å². The van der Waals surface area contributed by atoms with Gasteiger partial charge in [0.15, 0.2) is 5.82 Å². The van der Waals surface area contributed by atoms with Crippen molar-refractivity contribution in [2.24, 2.45) is 0 Å². The molecule has 0 aliphatic carbocycles. The fourth-order valence-electron chi connectivity index (χ4n) is 2.18. The number of para-hydroxylation sites is 1. The summed E-state index contributed by atoms with van der Waals surface area (Å²) in [5.41, 5.74) is 3.07. The van der Waals surface area contributed by atoms with Gasteiger partial charge >= 0.3 is 0 Å². The summed E-state index contributed by atoms with van der Waals surface area (Å²) in [4.78, 5) is 9.20. The number of benzene rings is 1. The molecule has 0 spiro atoms. The van der Waals surface area contributed by atoms with E-state index in [2.05, 4.69) is 22.2 Å². The molecule has 1 aromatic heterocycles. The molecule has 0 amide bonds. The molecule has 1 N–H and O–H groups in total. The van der Waals surface area contributed by atoms with Gasteiger partial charge in [0.05, 0.1) is 12.7 Å². The van der Waals surface area contributed by atoms with E-state index in [-0.39, 0.29) is 0 Å². The highest BCUT2D eigenvalue weighted by molar-refractivity contribution is 5.66. The first-order valence-electron chi connectivity index (χ1n) is 6.39. The minimum atomic E-state index is 0.691. The van der Waals surface area contributed by atoms with Gasteiger partial charge in [0.1, 0.15) is 11.6 Å². The summed E-state index contributed by atoms with van der Waals surface area (Å²) in [7, 11) is 3.54. The van der Waals surface area contributed by atoms with E-state index in [0.29, 0.717) is 5.82 Å². The van der Waals surface area contributed by atoms with Crippen molar-refractivity contribution in [3.8, 4) is 17.1 Å². The number of aromatic nitrogens is 2. The Bertz CT molecular complexity index is 582. The average molecular weight is 257 g/mol. The van der Waals surface area contributed by atoms with Gasteiger partial charge in [-0.2, -0.15) is 0 Å². The molecule has 0 saturated carbocycles. The van der Waals surface area contributed by atoms with Gasteiger partial charge in [-0.3, -0.25) is 0 Å². The van der Waals surface area contributed by atoms with E-state index in [4.69, 9.17) is 4.74 Å². The summed E-state index contributed by atoms with van der Waals surface area (Å²) in [6, 6.07) is 7.79. The maximum atomic E-state index is 5.37. The second-order valence-corrected chi connectivity index (χ2v) is 4.26. The van der Waals surface area contributed by atoms with Crippen LogP contribution >= 0.6 is 0 Å². The fourth-order valence-corrected chi connectivity index (χ4v) is 2.18. The topological polar surface area (TPSA) is 47.0 Å². The lowest BCUT2D eigenvalue weighted by molar-refractivity contribution is 0.416. The lowest BCUT2D eigenvalue weighted by Gasteiger charge is -2.13. The highest BCUT2D eigenvalue weighted by atomic mass is 16.5. The quantitative estimate of drug-likeness (QED) is 0.914. The van der Waals surface area contributed by atoms with Crippen molar-refractivity contribution in [2.45, 2.75) is 20.3 Å². The molecule has 19 heavy (non-hydrogen) atoms. The minimum Gasteiger partial charge on any atom is -0.496 e. The van der Waals surface area contributed by atoms with E-state index in [1.54, 1.807) is 7.11 Å². The van der Waals surface area contributed by atoms with E-state index in [9.17, 15) is 0 Å². The van der Waals surface area contributed by atoms with Gasteiger partial charge in [-0.1, -0.05) is 19.1 Å². The van der Waals surface area contributed by atoms with Crippen LogP contribution in [-0.2, 0) is 6.42 Å². The largest absolute Gasteiger partial charge is 0.496 e. The molecule has 0 bridgehead atoms. The zero-order chi connectivity index (χ0) is 13.8. The molecule has 0 aliphatic rings. The Morgan fingerprint density at radius 3 is 2.58 bits per heavy atom. The summed E-state index contributed by atoms with van der Waals surface area (Å²) >= 11 is 0. The van der Waals surface area contributed by atoms with Crippen molar-refractivity contribution in [3.63, 3.8) is 0 Å². The van der Waals surface area contributed by atoms with Gasteiger partial charge in [0.2, 0.25) is 0 Å². The highest BCUT2D eigenvalue weighted by Gasteiger charge is 2.13. The molecule has 2 rings (SSSR count). The summed E-state index contributed by atoms with van der Waals surface area (Å²) in [5.74, 6) is 2.36. The molecule has 0 fully saturated rings. The van der Waals surface area contributed by atoms with Crippen LogP contribution in [0.4, 0.5) is 5.82 Å². The number of anilines is 1. The van der Waals surface area contributed by atoms with Gasteiger partial charge in [-0.25, -0.2) is 9.97 Å². The first kappa shape index (κ1) is 13.3. The standard InChI is InChI=1S/C15H19N3O/c1-5-11-10(2)17-15(18-14(11)16-3)12-8-6-7-9-13(12)19-4/h6-9H,5H2,1-4H3,(H,16,17,18). The van der Waals surface area contributed by atoms with Crippen LogP contribution in [0.1, 0.15) is 18.2 Å². The smallest absolute Gasteiger partial charge is 0.165 e. The molecule has 4 heteroatoms. The van der Waals surface area contributed by atoms with E-state index >= 15 is 0 Å². The number of hydrogen-bond acceptors (Lipinski definition) is 4. The second kappa shape index (κ2) is 5.69. The zero-order valence-electron chi connectivity index (χ0n) is 11.8. The lowest BCUT2D eigenvalue weighted by Crippen LogP contribution is -2.05.